The summed E-state index contributed by atoms with van der Waals surface area (Å²) in [4.78, 5) is 17.2. The maximum absolute atomic E-state index is 13.3. The number of hydrogen-bond donors (Lipinski definition) is 2. The summed E-state index contributed by atoms with van der Waals surface area (Å²) in [5, 5.41) is 7.48. The molecule has 11 heteroatoms. The van der Waals surface area contributed by atoms with Crippen LogP contribution in [-0.4, -0.2) is 54.0 Å². The van der Waals surface area contributed by atoms with E-state index in [1.54, 1.807) is 36.3 Å². The zero-order valence-corrected chi connectivity index (χ0v) is 21.2. The Morgan fingerprint density at radius 1 is 0.897 bits per heavy atom. The van der Waals surface area contributed by atoms with Gasteiger partial charge in [-0.3, -0.25) is 0 Å². The van der Waals surface area contributed by atoms with Gasteiger partial charge in [-0.2, -0.15) is 18.3 Å². The number of benzene rings is 3. The van der Waals surface area contributed by atoms with Gasteiger partial charge in [-0.15, -0.1) is 0 Å². The van der Waals surface area contributed by atoms with Gasteiger partial charge in [0, 0.05) is 37.4 Å². The van der Waals surface area contributed by atoms with Gasteiger partial charge in [0.15, 0.2) is 5.82 Å². The number of carbonyl (C=O) groups is 1. The van der Waals surface area contributed by atoms with E-state index in [4.69, 9.17) is 10.5 Å². The van der Waals surface area contributed by atoms with Gasteiger partial charge >= 0.3 is 12.2 Å². The highest BCUT2D eigenvalue weighted by atomic mass is 19.4. The summed E-state index contributed by atoms with van der Waals surface area (Å²) < 4.78 is 45.8. The number of nitrogens with one attached hydrogen (secondary N) is 1. The molecule has 0 spiro atoms. The number of ether oxygens (including phenoxy) is 1. The molecule has 1 aliphatic rings. The van der Waals surface area contributed by atoms with Crippen molar-refractivity contribution < 1.29 is 22.7 Å². The van der Waals surface area contributed by atoms with E-state index in [0.717, 1.165) is 17.8 Å². The number of anilines is 3. The number of halogens is 3. The molecule has 0 saturated carbocycles. The molecule has 3 N–H and O–H groups in total. The highest BCUT2D eigenvalue weighted by molar-refractivity contribution is 5.98. The Balaban J connectivity index is 1.42. The van der Waals surface area contributed by atoms with Crippen LogP contribution in [0.15, 0.2) is 78.9 Å². The van der Waals surface area contributed by atoms with Gasteiger partial charge in [-0.05, 0) is 60.7 Å². The molecule has 0 aliphatic carbocycles. The summed E-state index contributed by atoms with van der Waals surface area (Å²) >= 11 is 0. The Morgan fingerprint density at radius 3 is 2.13 bits per heavy atom. The van der Waals surface area contributed by atoms with E-state index in [1.165, 1.54) is 16.8 Å². The number of nitrogen functional groups attached to an aromatic ring is 1. The van der Waals surface area contributed by atoms with Crippen LogP contribution in [0.25, 0.3) is 16.9 Å². The summed E-state index contributed by atoms with van der Waals surface area (Å²) in [6.07, 6.45) is -4.47. The average Bonchev–Trinajstić information content (AvgIpc) is 3.28. The van der Waals surface area contributed by atoms with Crippen molar-refractivity contribution in [2.24, 2.45) is 0 Å². The first-order valence-corrected chi connectivity index (χ1v) is 12.3. The molecule has 8 nitrogen and oxygen atoms in total. The fraction of sp³-hybridized carbons (Fsp3) is 0.214. The molecule has 1 aliphatic heterocycles. The number of nitrogens with two attached hydrogens (primary N) is 1. The van der Waals surface area contributed by atoms with E-state index in [2.05, 4.69) is 15.3 Å². The van der Waals surface area contributed by atoms with Gasteiger partial charge in [0.05, 0.1) is 18.4 Å². The second kappa shape index (κ2) is 10.6. The quantitative estimate of drug-likeness (QED) is 0.352. The normalized spacial score (nSPS) is 13.8. The number of rotatable bonds is 5. The minimum atomic E-state index is -4.47. The van der Waals surface area contributed by atoms with Crippen molar-refractivity contribution in [2.45, 2.75) is 6.18 Å². The Kier molecular flexibility index (Phi) is 7.05. The molecule has 1 aromatic heterocycles. The molecular weight excluding hydrogens is 509 g/mol. The van der Waals surface area contributed by atoms with Crippen LogP contribution in [0.5, 0.6) is 5.75 Å². The number of aromatic nitrogens is 2. The lowest BCUT2D eigenvalue weighted by Crippen LogP contribution is -2.50. The highest BCUT2D eigenvalue weighted by Gasteiger charge is 2.30. The van der Waals surface area contributed by atoms with E-state index in [1.807, 2.05) is 30.3 Å². The van der Waals surface area contributed by atoms with Gasteiger partial charge in [0.1, 0.15) is 17.1 Å². The summed E-state index contributed by atoms with van der Waals surface area (Å²) in [5.41, 5.74) is 8.39. The monoisotopic (exact) mass is 536 g/mol. The van der Waals surface area contributed by atoms with E-state index >= 15 is 0 Å². The fourth-order valence-corrected chi connectivity index (χ4v) is 4.49. The van der Waals surface area contributed by atoms with Crippen molar-refractivity contribution in [2.75, 3.05) is 49.2 Å². The summed E-state index contributed by atoms with van der Waals surface area (Å²) in [6.45, 7) is 2.35. The third kappa shape index (κ3) is 5.47. The molecule has 202 valence electrons. The molecular formula is C28H27F3N6O2. The lowest BCUT2D eigenvalue weighted by atomic mass is 10.1. The Hall–Kier alpha value is -4.67. The highest BCUT2D eigenvalue weighted by Crippen LogP contribution is 2.36. The predicted octanol–water partition coefficient (Wildman–Crippen LogP) is 5.50. The molecule has 3 aromatic carbocycles. The molecule has 0 radical (unpaired) electrons. The maximum atomic E-state index is 13.3. The van der Waals surface area contributed by atoms with Gasteiger partial charge < -0.3 is 25.6 Å². The number of hydrogen-bond acceptors (Lipinski definition) is 5. The minimum absolute atomic E-state index is 0.0943. The molecule has 2 amide bonds. The average molecular weight is 537 g/mol. The molecule has 0 atom stereocenters. The van der Waals surface area contributed by atoms with Crippen molar-refractivity contribution in [3.63, 3.8) is 0 Å². The van der Waals surface area contributed by atoms with E-state index in [-0.39, 0.29) is 17.5 Å². The molecule has 1 fully saturated rings. The van der Waals surface area contributed by atoms with Gasteiger partial charge in [0.2, 0.25) is 0 Å². The standard InChI is InChI=1S/C28H27F3N6O2/c1-39-23-13-7-19(8-14-23)24-25(26(32)37(34-24)22-11-9-20(10-12-22)28(29,30)31)33-27(38)36-17-15-35(16-18-36)21-5-3-2-4-6-21/h2-14H,15-18,32H2,1H3,(H,33,38). The first-order valence-electron chi connectivity index (χ1n) is 12.3. The van der Waals surface area contributed by atoms with Crippen LogP contribution >= 0.6 is 0 Å². The lowest BCUT2D eigenvalue weighted by molar-refractivity contribution is -0.137. The van der Waals surface area contributed by atoms with Gasteiger partial charge in [0.25, 0.3) is 0 Å². The predicted molar refractivity (Wildman–Crippen MR) is 144 cm³/mol. The van der Waals surface area contributed by atoms with Crippen LogP contribution in [0.1, 0.15) is 5.56 Å². The van der Waals surface area contributed by atoms with Crippen LogP contribution in [0.2, 0.25) is 0 Å². The van der Waals surface area contributed by atoms with Crippen molar-refractivity contribution in [3.05, 3.63) is 84.4 Å². The fourth-order valence-electron chi connectivity index (χ4n) is 4.49. The Morgan fingerprint density at radius 2 is 1.54 bits per heavy atom. The van der Waals surface area contributed by atoms with E-state index in [0.29, 0.717) is 48.9 Å². The Bertz CT molecular complexity index is 1430. The van der Waals surface area contributed by atoms with Crippen molar-refractivity contribution in [3.8, 4) is 22.7 Å². The molecule has 1 saturated heterocycles. The molecule has 2 heterocycles. The van der Waals surface area contributed by atoms with Crippen LogP contribution in [0, 0.1) is 0 Å². The van der Waals surface area contributed by atoms with Crippen LogP contribution in [-0.2, 0) is 6.18 Å². The Labute approximate surface area is 223 Å². The zero-order valence-electron chi connectivity index (χ0n) is 21.2. The molecule has 0 unspecified atom stereocenters. The number of nitrogens with zero attached hydrogens (tertiary/aromatic N) is 4. The van der Waals surface area contributed by atoms with Crippen LogP contribution in [0.4, 0.5) is 35.2 Å². The summed E-state index contributed by atoms with van der Waals surface area (Å²) in [6, 6.07) is 21.2. The van der Waals surface area contributed by atoms with Crippen molar-refractivity contribution in [1.82, 2.24) is 14.7 Å². The van der Waals surface area contributed by atoms with Crippen LogP contribution in [0.3, 0.4) is 0 Å². The third-order valence-electron chi connectivity index (χ3n) is 6.64. The number of alkyl halides is 3. The second-order valence-electron chi connectivity index (χ2n) is 9.03. The molecule has 39 heavy (non-hydrogen) atoms. The van der Waals surface area contributed by atoms with Gasteiger partial charge in [-0.1, -0.05) is 18.2 Å². The summed E-state index contributed by atoms with van der Waals surface area (Å²) in [7, 11) is 1.55. The first-order chi connectivity index (χ1) is 18.7. The number of methoxy groups -OCH3 is 1. The molecule has 0 bridgehead atoms. The molecule has 4 aromatic rings. The van der Waals surface area contributed by atoms with E-state index in [9.17, 15) is 18.0 Å². The number of urea groups is 1. The lowest BCUT2D eigenvalue weighted by Gasteiger charge is -2.36. The van der Waals surface area contributed by atoms with E-state index < -0.39 is 11.7 Å². The SMILES string of the molecule is COc1ccc(-c2nn(-c3ccc(C(F)(F)F)cc3)c(N)c2NC(=O)N2CCN(c3ccccc3)CC2)cc1. The number of piperazine rings is 1. The maximum Gasteiger partial charge on any atom is 0.416 e. The largest absolute Gasteiger partial charge is 0.497 e. The van der Waals surface area contributed by atoms with Crippen molar-refractivity contribution in [1.29, 1.82) is 0 Å². The number of carbonyl (C=O) groups excluding carboxylic acids is 1. The van der Waals surface area contributed by atoms with Gasteiger partial charge in [-0.25, -0.2) is 9.48 Å². The zero-order chi connectivity index (χ0) is 27.6. The number of amides is 2. The van der Waals surface area contributed by atoms with Crippen molar-refractivity contribution >= 4 is 23.2 Å². The second-order valence-corrected chi connectivity index (χ2v) is 9.03. The number of para-hydroxylation sites is 1. The van der Waals surface area contributed by atoms with Crippen LogP contribution < -0.4 is 20.7 Å². The first kappa shape index (κ1) is 26.0. The smallest absolute Gasteiger partial charge is 0.416 e. The topological polar surface area (TPSA) is 88.6 Å². The minimum Gasteiger partial charge on any atom is -0.497 e. The third-order valence-corrected chi connectivity index (χ3v) is 6.64. The summed E-state index contributed by atoms with van der Waals surface area (Å²) in [5.74, 6) is 0.729. The molecule has 5 rings (SSSR count).